The number of hydrogen-bond acceptors (Lipinski definition) is 4. The van der Waals surface area contributed by atoms with Gasteiger partial charge in [-0.25, -0.2) is 12.8 Å². The van der Waals surface area contributed by atoms with Gasteiger partial charge in [0.2, 0.25) is 15.9 Å². The van der Waals surface area contributed by atoms with Crippen LogP contribution in [0, 0.1) is 5.82 Å². The number of rotatable bonds is 9. The number of hydrogen-bond donors (Lipinski definition) is 1. The molecule has 0 saturated carbocycles. The first-order valence-corrected chi connectivity index (χ1v) is 11.0. The Hall–Kier alpha value is -1.28. The average molecular weight is 391 g/mol. The summed E-state index contributed by atoms with van der Waals surface area (Å²) in [5.41, 5.74) is 0.00647. The number of thioether (sulfide) groups is 1. The summed E-state index contributed by atoms with van der Waals surface area (Å²) in [5.74, 6) is 0.0907. The van der Waals surface area contributed by atoms with E-state index in [0.29, 0.717) is 13.0 Å². The number of carbonyl (C=O) groups excluding carboxylic acids is 1. The van der Waals surface area contributed by atoms with Crippen molar-refractivity contribution >= 4 is 33.4 Å². The lowest BCUT2D eigenvalue weighted by Crippen LogP contribution is -2.33. The van der Waals surface area contributed by atoms with Crippen LogP contribution in [0.5, 0.6) is 0 Å². The first kappa shape index (κ1) is 21.8. The highest BCUT2D eigenvalue weighted by atomic mass is 32.2. The number of sulfonamides is 1. The number of halogens is 1. The molecule has 0 bridgehead atoms. The van der Waals surface area contributed by atoms with E-state index in [0.717, 1.165) is 16.3 Å². The van der Waals surface area contributed by atoms with Crippen molar-refractivity contribution < 1.29 is 17.6 Å². The number of benzene rings is 1. The van der Waals surface area contributed by atoms with Crippen LogP contribution in [0.3, 0.4) is 0 Å². The molecule has 1 amide bonds. The third-order valence-corrected chi connectivity index (χ3v) is 5.70. The molecule has 0 aliphatic carbocycles. The van der Waals surface area contributed by atoms with E-state index >= 15 is 0 Å². The van der Waals surface area contributed by atoms with Crippen LogP contribution < -0.4 is 9.62 Å². The van der Waals surface area contributed by atoms with Gasteiger partial charge in [-0.2, -0.15) is 11.8 Å². The monoisotopic (exact) mass is 390 g/mol. The molecule has 0 aliphatic heterocycles. The molecule has 0 aromatic heterocycles. The number of amides is 1. The minimum absolute atomic E-state index is 0.00647. The summed E-state index contributed by atoms with van der Waals surface area (Å²) >= 11 is 1.76. The normalized spacial score (nSPS) is 12.0. The smallest absolute Gasteiger partial charge is 0.232 e. The van der Waals surface area contributed by atoms with Gasteiger partial charge in [-0.15, -0.1) is 0 Å². The largest absolute Gasteiger partial charge is 0.355 e. The van der Waals surface area contributed by atoms with Crippen LogP contribution in [0.1, 0.15) is 33.6 Å². The quantitative estimate of drug-likeness (QED) is 0.658. The van der Waals surface area contributed by atoms with Crippen molar-refractivity contribution in [2.75, 3.05) is 29.4 Å². The van der Waals surface area contributed by atoms with Crippen LogP contribution in [0.25, 0.3) is 0 Å². The van der Waals surface area contributed by atoms with Crippen LogP contribution in [0.4, 0.5) is 10.1 Å². The van der Waals surface area contributed by atoms with Gasteiger partial charge in [0.05, 0.1) is 11.9 Å². The summed E-state index contributed by atoms with van der Waals surface area (Å²) in [5, 5.41) is 2.82. The van der Waals surface area contributed by atoms with E-state index in [4.69, 9.17) is 0 Å². The molecule has 1 N–H and O–H groups in total. The van der Waals surface area contributed by atoms with Crippen LogP contribution in [0.15, 0.2) is 24.3 Å². The highest BCUT2D eigenvalue weighted by molar-refractivity contribution is 8.00. The van der Waals surface area contributed by atoms with Gasteiger partial charge in [0.1, 0.15) is 5.82 Å². The summed E-state index contributed by atoms with van der Waals surface area (Å²) in [7, 11) is -3.62. The van der Waals surface area contributed by atoms with Gasteiger partial charge >= 0.3 is 0 Å². The molecule has 0 unspecified atom stereocenters. The molecule has 0 radical (unpaired) electrons. The van der Waals surface area contributed by atoms with Gasteiger partial charge in [-0.05, 0) is 18.6 Å². The highest BCUT2D eigenvalue weighted by Gasteiger charge is 2.20. The Balaban J connectivity index is 2.48. The number of nitrogens with zero attached hydrogens (tertiary/aromatic N) is 1. The second-order valence-electron chi connectivity index (χ2n) is 6.70. The van der Waals surface area contributed by atoms with Crippen LogP contribution in [0.2, 0.25) is 0 Å². The second-order valence-corrected chi connectivity index (χ2v) is 10.5. The van der Waals surface area contributed by atoms with Gasteiger partial charge in [0, 0.05) is 30.0 Å². The molecule has 0 spiro atoms. The summed E-state index contributed by atoms with van der Waals surface area (Å²) in [6.45, 7) is 6.97. The van der Waals surface area contributed by atoms with Crippen molar-refractivity contribution in [2.45, 2.75) is 38.4 Å². The zero-order chi connectivity index (χ0) is 19.1. The van der Waals surface area contributed by atoms with E-state index in [1.807, 2.05) is 0 Å². The van der Waals surface area contributed by atoms with Crippen LogP contribution >= 0.6 is 11.8 Å². The summed E-state index contributed by atoms with van der Waals surface area (Å²) in [6.07, 6.45) is 1.55. The molecule has 8 heteroatoms. The number of nitrogens with one attached hydrogen (secondary N) is 1. The van der Waals surface area contributed by atoms with Crippen molar-refractivity contribution in [3.63, 3.8) is 0 Å². The first-order valence-electron chi connectivity index (χ1n) is 8.13. The van der Waals surface area contributed by atoms with Gasteiger partial charge < -0.3 is 5.32 Å². The van der Waals surface area contributed by atoms with Gasteiger partial charge in [-0.3, -0.25) is 9.10 Å². The van der Waals surface area contributed by atoms with Gasteiger partial charge in [0.15, 0.2) is 0 Å². The van der Waals surface area contributed by atoms with E-state index in [1.54, 1.807) is 17.8 Å². The lowest BCUT2D eigenvalue weighted by atomic mass is 10.2. The Kier molecular flexibility index (Phi) is 8.21. The molecule has 1 aromatic rings. The molecule has 0 saturated heterocycles. The number of carbonyl (C=O) groups is 1. The third kappa shape index (κ3) is 8.58. The predicted octanol–water partition coefficient (Wildman–Crippen LogP) is 3.02. The number of anilines is 1. The van der Waals surface area contributed by atoms with E-state index in [2.05, 4.69) is 26.1 Å². The molecular formula is C17H27FN2O3S2. The molecule has 1 aromatic carbocycles. The van der Waals surface area contributed by atoms with Crippen molar-refractivity contribution in [1.29, 1.82) is 0 Å². The molecule has 25 heavy (non-hydrogen) atoms. The first-order chi connectivity index (χ1) is 11.5. The average Bonchev–Trinajstić information content (AvgIpc) is 2.47. The topological polar surface area (TPSA) is 66.5 Å². The lowest BCUT2D eigenvalue weighted by Gasteiger charge is -2.22. The number of para-hydroxylation sites is 1. The lowest BCUT2D eigenvalue weighted by molar-refractivity contribution is -0.121. The van der Waals surface area contributed by atoms with E-state index in [1.165, 1.54) is 18.2 Å². The fourth-order valence-corrected chi connectivity index (χ4v) is 3.92. The van der Waals surface area contributed by atoms with Crippen molar-refractivity contribution in [3.05, 3.63) is 30.1 Å². The predicted molar refractivity (Wildman–Crippen MR) is 103 cm³/mol. The highest BCUT2D eigenvalue weighted by Crippen LogP contribution is 2.22. The molecule has 0 atom stereocenters. The Bertz CT molecular complexity index is 673. The maximum absolute atomic E-state index is 13.9. The maximum atomic E-state index is 13.9. The molecule has 5 nitrogen and oxygen atoms in total. The summed E-state index contributed by atoms with van der Waals surface area (Å²) in [6, 6.07) is 5.71. The van der Waals surface area contributed by atoms with Crippen LogP contribution in [-0.4, -0.2) is 44.2 Å². The molecule has 0 heterocycles. The minimum atomic E-state index is -3.62. The van der Waals surface area contributed by atoms with Crippen LogP contribution in [-0.2, 0) is 14.8 Å². The molecule has 1 rings (SSSR count). The Morgan fingerprint density at radius 1 is 1.28 bits per heavy atom. The van der Waals surface area contributed by atoms with E-state index in [-0.39, 0.29) is 29.3 Å². The zero-order valence-electron chi connectivity index (χ0n) is 15.2. The summed E-state index contributed by atoms with van der Waals surface area (Å²) in [4.78, 5) is 11.8. The Morgan fingerprint density at radius 2 is 1.92 bits per heavy atom. The van der Waals surface area contributed by atoms with E-state index < -0.39 is 15.8 Å². The van der Waals surface area contributed by atoms with Gasteiger partial charge in [0.25, 0.3) is 0 Å². The standard InChI is InChI=1S/C17H27FN2O3S2/c1-17(2,3)24-13-11-19-16(21)10-7-12-20(25(4,22)23)15-9-6-5-8-14(15)18/h5-6,8-9H,7,10-13H2,1-4H3,(H,19,21). The molecule has 0 aliphatic rings. The zero-order valence-corrected chi connectivity index (χ0v) is 16.8. The summed E-state index contributed by atoms with van der Waals surface area (Å²) < 4.78 is 38.9. The van der Waals surface area contributed by atoms with Crippen molar-refractivity contribution in [2.24, 2.45) is 0 Å². The molecule has 0 fully saturated rings. The fraction of sp³-hybridized carbons (Fsp3) is 0.588. The van der Waals surface area contributed by atoms with Gasteiger partial charge in [-0.1, -0.05) is 32.9 Å². The minimum Gasteiger partial charge on any atom is -0.355 e. The maximum Gasteiger partial charge on any atom is 0.232 e. The Morgan fingerprint density at radius 3 is 2.48 bits per heavy atom. The molecule has 142 valence electrons. The fourth-order valence-electron chi connectivity index (χ4n) is 2.14. The Labute approximate surface area is 154 Å². The third-order valence-electron chi connectivity index (χ3n) is 3.25. The molecular weight excluding hydrogens is 363 g/mol. The van der Waals surface area contributed by atoms with Crippen molar-refractivity contribution in [1.82, 2.24) is 5.32 Å². The van der Waals surface area contributed by atoms with E-state index in [9.17, 15) is 17.6 Å². The SMILES string of the molecule is CC(C)(C)SCCNC(=O)CCCN(c1ccccc1F)S(C)(=O)=O. The van der Waals surface area contributed by atoms with Crippen molar-refractivity contribution in [3.8, 4) is 0 Å². The second kappa shape index (κ2) is 9.43.